The number of hydrogen-bond acceptors (Lipinski definition) is 4. The van der Waals surface area contributed by atoms with Crippen LogP contribution in [-0.4, -0.2) is 21.9 Å². The largest absolute Gasteiger partial charge is 0.490 e. The van der Waals surface area contributed by atoms with E-state index in [0.29, 0.717) is 23.1 Å². The van der Waals surface area contributed by atoms with E-state index in [9.17, 15) is 9.90 Å². The second-order valence-electron chi connectivity index (χ2n) is 7.73. The van der Waals surface area contributed by atoms with Gasteiger partial charge in [0.1, 0.15) is 24.7 Å². The zero-order chi connectivity index (χ0) is 21.7. The Kier molecular flexibility index (Phi) is 6.85. The van der Waals surface area contributed by atoms with E-state index in [1.165, 1.54) is 6.07 Å². The molecule has 0 aliphatic heterocycles. The van der Waals surface area contributed by atoms with E-state index < -0.39 is 5.60 Å². The van der Waals surface area contributed by atoms with Crippen molar-refractivity contribution in [3.8, 4) is 17.2 Å². The maximum atomic E-state index is 12.6. The maximum Gasteiger partial charge on any atom is 0.258 e. The first kappa shape index (κ1) is 21.9. The number of benzene rings is 2. The van der Waals surface area contributed by atoms with Crippen LogP contribution in [0.25, 0.3) is 5.69 Å². The fourth-order valence-electron chi connectivity index (χ4n) is 2.90. The van der Waals surface area contributed by atoms with E-state index in [1.54, 1.807) is 42.8 Å². The minimum absolute atomic E-state index is 0.184. The SMILES string of the molecule is CCc1cc(-n2ccc(OCc3ccc(Cl)cc3)cc2=O)ccc1OCC(C)(C)O. The fraction of sp³-hybridized carbons (Fsp3) is 0.292. The molecule has 0 aliphatic carbocycles. The Balaban J connectivity index is 1.75. The molecule has 158 valence electrons. The lowest BCUT2D eigenvalue weighted by Crippen LogP contribution is -2.28. The average Bonchev–Trinajstić information content (AvgIpc) is 2.71. The molecule has 0 atom stereocenters. The van der Waals surface area contributed by atoms with Crippen LogP contribution in [-0.2, 0) is 13.0 Å². The summed E-state index contributed by atoms with van der Waals surface area (Å²) < 4.78 is 13.0. The molecule has 2 aromatic carbocycles. The van der Waals surface area contributed by atoms with Gasteiger partial charge in [-0.1, -0.05) is 30.7 Å². The van der Waals surface area contributed by atoms with Gasteiger partial charge >= 0.3 is 0 Å². The molecule has 0 saturated heterocycles. The van der Waals surface area contributed by atoms with Crippen molar-refractivity contribution in [3.05, 3.63) is 87.3 Å². The number of nitrogens with zero attached hydrogens (tertiary/aromatic N) is 1. The van der Waals surface area contributed by atoms with Crippen molar-refractivity contribution >= 4 is 11.6 Å². The molecule has 3 aromatic rings. The average molecular weight is 428 g/mol. The van der Waals surface area contributed by atoms with E-state index >= 15 is 0 Å². The summed E-state index contributed by atoms with van der Waals surface area (Å²) in [6.07, 6.45) is 2.44. The second kappa shape index (κ2) is 9.37. The van der Waals surface area contributed by atoms with Gasteiger partial charge in [-0.15, -0.1) is 0 Å². The van der Waals surface area contributed by atoms with Crippen molar-refractivity contribution < 1.29 is 14.6 Å². The van der Waals surface area contributed by atoms with E-state index in [4.69, 9.17) is 21.1 Å². The van der Waals surface area contributed by atoms with Crippen molar-refractivity contribution in [2.45, 2.75) is 39.4 Å². The third kappa shape index (κ3) is 5.88. The van der Waals surface area contributed by atoms with Gasteiger partial charge < -0.3 is 14.6 Å². The number of hydrogen-bond donors (Lipinski definition) is 1. The lowest BCUT2D eigenvalue weighted by molar-refractivity contribution is 0.0282. The van der Waals surface area contributed by atoms with Crippen LogP contribution < -0.4 is 15.0 Å². The number of aromatic nitrogens is 1. The maximum absolute atomic E-state index is 12.6. The number of aliphatic hydroxyl groups is 1. The first-order valence-electron chi connectivity index (χ1n) is 9.83. The van der Waals surface area contributed by atoms with Crippen LogP contribution in [0, 0.1) is 0 Å². The van der Waals surface area contributed by atoms with Gasteiger partial charge in [-0.2, -0.15) is 0 Å². The summed E-state index contributed by atoms with van der Waals surface area (Å²) in [5.74, 6) is 1.21. The summed E-state index contributed by atoms with van der Waals surface area (Å²) in [4.78, 5) is 12.6. The molecule has 6 heteroatoms. The lowest BCUT2D eigenvalue weighted by atomic mass is 10.1. The molecule has 0 bridgehead atoms. The van der Waals surface area contributed by atoms with Crippen LogP contribution in [0.3, 0.4) is 0 Å². The Labute approximate surface area is 181 Å². The molecule has 0 unspecified atom stereocenters. The summed E-state index contributed by atoms with van der Waals surface area (Å²) in [6, 6.07) is 16.2. The standard InChI is InChI=1S/C24H26ClNO4/c1-4-18-13-20(9-10-22(18)30-16-24(2,3)28)26-12-11-21(14-23(26)27)29-15-17-5-7-19(25)8-6-17/h5-14,28H,4,15-16H2,1-3H3. The van der Waals surface area contributed by atoms with Gasteiger partial charge in [-0.3, -0.25) is 9.36 Å². The minimum atomic E-state index is -0.914. The number of pyridine rings is 1. The molecule has 1 heterocycles. The van der Waals surface area contributed by atoms with Crippen LogP contribution in [0.4, 0.5) is 0 Å². The second-order valence-corrected chi connectivity index (χ2v) is 8.17. The number of aryl methyl sites for hydroxylation is 1. The highest BCUT2D eigenvalue weighted by atomic mass is 35.5. The Morgan fingerprint density at radius 1 is 1.03 bits per heavy atom. The molecule has 0 aliphatic rings. The van der Waals surface area contributed by atoms with Gasteiger partial charge in [-0.05, 0) is 67.8 Å². The molecule has 30 heavy (non-hydrogen) atoms. The van der Waals surface area contributed by atoms with Gasteiger partial charge in [0, 0.05) is 23.0 Å². The van der Waals surface area contributed by atoms with E-state index in [1.807, 2.05) is 37.3 Å². The topological polar surface area (TPSA) is 60.7 Å². The van der Waals surface area contributed by atoms with Crippen molar-refractivity contribution in [1.29, 1.82) is 0 Å². The molecule has 1 N–H and O–H groups in total. The van der Waals surface area contributed by atoms with Crippen molar-refractivity contribution in [2.24, 2.45) is 0 Å². The van der Waals surface area contributed by atoms with Crippen LogP contribution in [0.5, 0.6) is 11.5 Å². The van der Waals surface area contributed by atoms with Gasteiger partial charge in [-0.25, -0.2) is 0 Å². The van der Waals surface area contributed by atoms with Crippen LogP contribution in [0.15, 0.2) is 65.6 Å². The van der Waals surface area contributed by atoms with Crippen LogP contribution in [0.2, 0.25) is 5.02 Å². The van der Waals surface area contributed by atoms with Gasteiger partial charge in [0.15, 0.2) is 0 Å². The van der Waals surface area contributed by atoms with E-state index in [0.717, 1.165) is 23.2 Å². The highest BCUT2D eigenvalue weighted by molar-refractivity contribution is 6.30. The molecular weight excluding hydrogens is 402 g/mol. The van der Waals surface area contributed by atoms with Crippen LogP contribution >= 0.6 is 11.6 Å². The molecule has 0 radical (unpaired) electrons. The summed E-state index contributed by atoms with van der Waals surface area (Å²) in [5, 5.41) is 10.5. The summed E-state index contributed by atoms with van der Waals surface area (Å²) in [7, 11) is 0. The summed E-state index contributed by atoms with van der Waals surface area (Å²) in [5.41, 5.74) is 1.58. The zero-order valence-electron chi connectivity index (χ0n) is 17.4. The molecule has 1 aromatic heterocycles. The highest BCUT2D eigenvalue weighted by Crippen LogP contribution is 2.24. The Hall–Kier alpha value is -2.76. The Morgan fingerprint density at radius 2 is 1.77 bits per heavy atom. The van der Waals surface area contributed by atoms with E-state index in [-0.39, 0.29) is 12.2 Å². The van der Waals surface area contributed by atoms with Gasteiger partial charge in [0.05, 0.1) is 5.60 Å². The number of rotatable bonds is 8. The van der Waals surface area contributed by atoms with Gasteiger partial charge in [0.2, 0.25) is 0 Å². The predicted octanol–water partition coefficient (Wildman–Crippen LogP) is 4.78. The Morgan fingerprint density at radius 3 is 2.40 bits per heavy atom. The number of ether oxygens (including phenoxy) is 2. The van der Waals surface area contributed by atoms with Gasteiger partial charge in [0.25, 0.3) is 5.56 Å². The van der Waals surface area contributed by atoms with Crippen molar-refractivity contribution in [1.82, 2.24) is 4.57 Å². The first-order valence-corrected chi connectivity index (χ1v) is 10.2. The summed E-state index contributed by atoms with van der Waals surface area (Å²) in [6.45, 7) is 5.96. The smallest absolute Gasteiger partial charge is 0.258 e. The monoisotopic (exact) mass is 427 g/mol. The third-order valence-corrected chi connectivity index (χ3v) is 4.75. The normalized spacial score (nSPS) is 11.4. The quantitative estimate of drug-likeness (QED) is 0.562. The molecule has 0 spiro atoms. The molecule has 5 nitrogen and oxygen atoms in total. The predicted molar refractivity (Wildman–Crippen MR) is 119 cm³/mol. The molecule has 0 amide bonds. The molecule has 3 rings (SSSR count). The zero-order valence-corrected chi connectivity index (χ0v) is 18.1. The highest BCUT2D eigenvalue weighted by Gasteiger charge is 2.15. The summed E-state index contributed by atoms with van der Waals surface area (Å²) >= 11 is 5.89. The third-order valence-electron chi connectivity index (χ3n) is 4.49. The minimum Gasteiger partial charge on any atom is -0.490 e. The van der Waals surface area contributed by atoms with E-state index in [2.05, 4.69) is 0 Å². The molecular formula is C24H26ClNO4. The van der Waals surface area contributed by atoms with Crippen molar-refractivity contribution in [3.63, 3.8) is 0 Å². The molecule has 0 saturated carbocycles. The number of halogens is 1. The lowest BCUT2D eigenvalue weighted by Gasteiger charge is -2.20. The van der Waals surface area contributed by atoms with Crippen molar-refractivity contribution in [2.75, 3.05) is 6.61 Å². The fourth-order valence-corrected chi connectivity index (χ4v) is 3.02. The van der Waals surface area contributed by atoms with Crippen LogP contribution in [0.1, 0.15) is 31.9 Å². The molecule has 0 fully saturated rings. The Bertz CT molecular complexity index is 1050. The first-order chi connectivity index (χ1) is 14.2.